The molecule has 13 heteroatoms. The Labute approximate surface area is 180 Å². The van der Waals surface area contributed by atoms with Gasteiger partial charge < -0.3 is 15.0 Å². The summed E-state index contributed by atoms with van der Waals surface area (Å²) in [4.78, 5) is 36.7. The molecule has 3 N–H and O–H groups in total. The Kier molecular flexibility index (Phi) is 6.26. The van der Waals surface area contributed by atoms with Gasteiger partial charge in [0.25, 0.3) is 5.91 Å². The minimum Gasteiger partial charge on any atom is -0.453 e. The third-order valence-electron chi connectivity index (χ3n) is 4.92. The number of ether oxygens (including phenoxy) is 1. The lowest BCUT2D eigenvalue weighted by atomic mass is 10.0. The van der Waals surface area contributed by atoms with Crippen LogP contribution in [0.4, 0.5) is 23.7 Å². The van der Waals surface area contributed by atoms with Gasteiger partial charge in [-0.25, -0.2) is 10.2 Å². The highest BCUT2D eigenvalue weighted by atomic mass is 19.4. The average molecular weight is 452 g/mol. The van der Waals surface area contributed by atoms with E-state index in [2.05, 4.69) is 15.5 Å². The van der Waals surface area contributed by atoms with Gasteiger partial charge in [-0.3, -0.25) is 19.9 Å². The standard InChI is InChI=1S/C19H19F3N6O4/c1-10-8-27(9-24-17(30)19(20,21)22)16(29)15-6-14(26-28(10)15)12-4-3-11(7-23)5-13(12)25-18(31)32-2/h3-6,10,14,26H,8-9H2,1-2H3,(H,24,30)(H,25,31). The molecule has 32 heavy (non-hydrogen) atoms. The number of nitrogens with zero attached hydrogens (tertiary/aromatic N) is 3. The van der Waals surface area contributed by atoms with Crippen LogP contribution in [0.1, 0.15) is 24.1 Å². The minimum atomic E-state index is -5.05. The molecule has 0 aliphatic carbocycles. The summed E-state index contributed by atoms with van der Waals surface area (Å²) in [7, 11) is 1.19. The average Bonchev–Trinajstić information content (AvgIpc) is 3.20. The van der Waals surface area contributed by atoms with Crippen LogP contribution in [-0.2, 0) is 14.3 Å². The molecule has 1 fully saturated rings. The molecule has 170 valence electrons. The molecule has 0 bridgehead atoms. The van der Waals surface area contributed by atoms with Gasteiger partial charge in [0.05, 0.1) is 43.2 Å². The van der Waals surface area contributed by atoms with Gasteiger partial charge in [-0.1, -0.05) is 6.07 Å². The predicted molar refractivity (Wildman–Crippen MR) is 103 cm³/mol. The maximum Gasteiger partial charge on any atom is 0.471 e. The molecule has 1 saturated heterocycles. The molecular weight excluding hydrogens is 433 g/mol. The van der Waals surface area contributed by atoms with Gasteiger partial charge in [0.2, 0.25) is 0 Å². The van der Waals surface area contributed by atoms with Crippen LogP contribution in [0.15, 0.2) is 30.0 Å². The number of piperazine rings is 1. The van der Waals surface area contributed by atoms with E-state index in [-0.39, 0.29) is 18.3 Å². The van der Waals surface area contributed by atoms with Crippen LogP contribution in [0, 0.1) is 11.3 Å². The number of amides is 3. The summed E-state index contributed by atoms with van der Waals surface area (Å²) in [5.41, 5.74) is 4.42. The highest BCUT2D eigenvalue weighted by Gasteiger charge is 2.42. The summed E-state index contributed by atoms with van der Waals surface area (Å²) in [6.07, 6.45) is -4.24. The Morgan fingerprint density at radius 1 is 1.38 bits per heavy atom. The normalized spacial score (nSPS) is 20.2. The van der Waals surface area contributed by atoms with Gasteiger partial charge in [-0.05, 0) is 30.7 Å². The number of methoxy groups -OCH3 is 1. The fourth-order valence-corrected chi connectivity index (χ4v) is 3.41. The van der Waals surface area contributed by atoms with Crippen molar-refractivity contribution in [3.8, 4) is 6.07 Å². The van der Waals surface area contributed by atoms with Crippen molar-refractivity contribution in [3.05, 3.63) is 41.1 Å². The van der Waals surface area contributed by atoms with Crippen molar-refractivity contribution < 1.29 is 32.3 Å². The number of rotatable bonds is 4. The SMILES string of the molecule is COC(=O)Nc1cc(C#N)ccc1C1C=C2C(=O)N(CNC(=O)C(F)(F)F)CC(C)N2N1. The van der Waals surface area contributed by atoms with Gasteiger partial charge >= 0.3 is 18.2 Å². The summed E-state index contributed by atoms with van der Waals surface area (Å²) < 4.78 is 41.9. The first-order valence-corrected chi connectivity index (χ1v) is 9.35. The largest absolute Gasteiger partial charge is 0.471 e. The highest BCUT2D eigenvalue weighted by molar-refractivity contribution is 5.95. The molecule has 3 rings (SSSR count). The number of carbonyl (C=O) groups is 3. The van der Waals surface area contributed by atoms with Crippen LogP contribution in [0.2, 0.25) is 0 Å². The van der Waals surface area contributed by atoms with E-state index in [1.165, 1.54) is 13.2 Å². The van der Waals surface area contributed by atoms with Crippen molar-refractivity contribution in [2.24, 2.45) is 0 Å². The first-order valence-electron chi connectivity index (χ1n) is 9.35. The van der Waals surface area contributed by atoms with E-state index in [9.17, 15) is 27.6 Å². The van der Waals surface area contributed by atoms with Crippen LogP contribution in [-0.4, -0.2) is 60.4 Å². The summed E-state index contributed by atoms with van der Waals surface area (Å²) in [5, 5.41) is 14.9. The number of halogens is 3. The zero-order valence-electron chi connectivity index (χ0n) is 17.0. The number of anilines is 1. The maximum absolute atomic E-state index is 12.8. The van der Waals surface area contributed by atoms with Crippen molar-refractivity contribution in [3.63, 3.8) is 0 Å². The quantitative estimate of drug-likeness (QED) is 0.629. The van der Waals surface area contributed by atoms with E-state index in [1.807, 2.05) is 6.07 Å². The van der Waals surface area contributed by atoms with E-state index in [1.54, 1.807) is 35.5 Å². The van der Waals surface area contributed by atoms with Crippen LogP contribution < -0.4 is 16.1 Å². The van der Waals surface area contributed by atoms with E-state index >= 15 is 0 Å². The topological polar surface area (TPSA) is 127 Å². The van der Waals surface area contributed by atoms with Gasteiger partial charge in [-0.2, -0.15) is 18.4 Å². The zero-order chi connectivity index (χ0) is 23.6. The third-order valence-corrected chi connectivity index (χ3v) is 4.92. The first-order chi connectivity index (χ1) is 15.0. The van der Waals surface area contributed by atoms with Crippen LogP contribution in [0.5, 0.6) is 0 Å². The minimum absolute atomic E-state index is 0.0642. The molecule has 2 unspecified atom stereocenters. The number of hydrazine groups is 1. The first kappa shape index (κ1) is 22.9. The van der Waals surface area contributed by atoms with Crippen molar-refractivity contribution in [1.82, 2.24) is 20.7 Å². The van der Waals surface area contributed by atoms with E-state index in [0.29, 0.717) is 16.8 Å². The van der Waals surface area contributed by atoms with Crippen LogP contribution >= 0.6 is 0 Å². The molecule has 2 heterocycles. The number of nitrogens with one attached hydrogen (secondary N) is 3. The number of nitriles is 1. The number of benzene rings is 1. The monoisotopic (exact) mass is 452 g/mol. The predicted octanol–water partition coefficient (Wildman–Crippen LogP) is 1.35. The molecule has 2 atom stereocenters. The van der Waals surface area contributed by atoms with E-state index < -0.39 is 36.8 Å². The van der Waals surface area contributed by atoms with Crippen molar-refractivity contribution in [1.29, 1.82) is 5.26 Å². The highest BCUT2D eigenvalue weighted by Crippen LogP contribution is 2.34. The summed E-state index contributed by atoms with van der Waals surface area (Å²) >= 11 is 0. The third kappa shape index (κ3) is 4.59. The Morgan fingerprint density at radius 2 is 2.09 bits per heavy atom. The molecule has 3 amide bonds. The molecule has 1 aromatic carbocycles. The molecule has 10 nitrogen and oxygen atoms in total. The van der Waals surface area contributed by atoms with Gasteiger partial charge in [0.15, 0.2) is 0 Å². The Balaban J connectivity index is 1.84. The van der Waals surface area contributed by atoms with Crippen molar-refractivity contribution in [2.45, 2.75) is 25.2 Å². The molecular formula is C19H19F3N6O4. The lowest BCUT2D eigenvalue weighted by Crippen LogP contribution is -2.58. The van der Waals surface area contributed by atoms with Crippen molar-refractivity contribution in [2.75, 3.05) is 25.6 Å². The molecule has 0 saturated carbocycles. The molecule has 2 aliphatic heterocycles. The Hall–Kier alpha value is -3.79. The Bertz CT molecular complexity index is 1020. The summed E-state index contributed by atoms with van der Waals surface area (Å²) in [6, 6.07) is 5.65. The number of alkyl halides is 3. The maximum atomic E-state index is 12.8. The molecule has 0 aromatic heterocycles. The fraction of sp³-hybridized carbons (Fsp3) is 0.368. The molecule has 0 radical (unpaired) electrons. The van der Waals surface area contributed by atoms with E-state index in [4.69, 9.17) is 5.26 Å². The lowest BCUT2D eigenvalue weighted by molar-refractivity contribution is -0.174. The van der Waals surface area contributed by atoms with E-state index in [0.717, 1.165) is 4.90 Å². The fourth-order valence-electron chi connectivity index (χ4n) is 3.41. The van der Waals surface area contributed by atoms with Gasteiger partial charge in [-0.15, -0.1) is 0 Å². The molecule has 1 aromatic rings. The van der Waals surface area contributed by atoms with Gasteiger partial charge in [0.1, 0.15) is 5.70 Å². The van der Waals surface area contributed by atoms with Crippen molar-refractivity contribution >= 4 is 23.6 Å². The lowest BCUT2D eigenvalue weighted by Gasteiger charge is -2.39. The second-order valence-corrected chi connectivity index (χ2v) is 7.10. The van der Waals surface area contributed by atoms with Crippen LogP contribution in [0.25, 0.3) is 0 Å². The smallest absolute Gasteiger partial charge is 0.453 e. The number of hydrogen-bond acceptors (Lipinski definition) is 7. The second kappa shape index (κ2) is 8.75. The summed E-state index contributed by atoms with van der Waals surface area (Å²) in [5.74, 6) is -2.70. The second-order valence-electron chi connectivity index (χ2n) is 7.10. The number of hydrogen-bond donors (Lipinski definition) is 3. The Morgan fingerprint density at radius 3 is 2.72 bits per heavy atom. The zero-order valence-corrected chi connectivity index (χ0v) is 17.0. The van der Waals surface area contributed by atoms with Crippen LogP contribution in [0.3, 0.4) is 0 Å². The number of carbonyl (C=O) groups excluding carboxylic acids is 3. The summed E-state index contributed by atoms with van der Waals surface area (Å²) in [6.45, 7) is 1.22. The molecule has 0 spiro atoms. The van der Waals surface area contributed by atoms with Gasteiger partial charge in [0, 0.05) is 6.54 Å². The number of fused-ring (bicyclic) bond motifs is 1. The molecule has 2 aliphatic rings.